The van der Waals surface area contributed by atoms with Crippen molar-refractivity contribution in [2.45, 2.75) is 26.2 Å². The van der Waals surface area contributed by atoms with Crippen LogP contribution >= 0.6 is 0 Å². The number of hydrogen-bond acceptors (Lipinski definition) is 3. The number of aromatic nitrogens is 1. The summed E-state index contributed by atoms with van der Waals surface area (Å²) in [5.74, 6) is 0.294. The molecule has 0 bridgehead atoms. The standard InChI is InChI=1S/C14H15FN2O2/c1-14(2,3)11-8-12(17-19-11)16-13(18)9-4-6-10(15)7-5-9/h4-8H,1-3H3,(H,16,17,18). The Bertz CT molecular complexity index is 582. The minimum atomic E-state index is -0.381. The molecule has 0 saturated carbocycles. The Balaban J connectivity index is 2.11. The normalized spacial score (nSPS) is 11.4. The first-order chi connectivity index (χ1) is 8.86. The van der Waals surface area contributed by atoms with E-state index in [0.717, 1.165) is 0 Å². The van der Waals surface area contributed by atoms with E-state index in [9.17, 15) is 9.18 Å². The number of rotatable bonds is 2. The highest BCUT2D eigenvalue weighted by atomic mass is 19.1. The second-order valence-electron chi connectivity index (χ2n) is 5.29. The van der Waals surface area contributed by atoms with E-state index in [1.54, 1.807) is 6.07 Å². The second kappa shape index (κ2) is 4.84. The fraction of sp³-hybridized carbons (Fsp3) is 0.286. The molecule has 0 atom stereocenters. The zero-order valence-corrected chi connectivity index (χ0v) is 11.0. The van der Waals surface area contributed by atoms with Gasteiger partial charge in [0.05, 0.1) is 0 Å². The number of hydrogen-bond donors (Lipinski definition) is 1. The van der Waals surface area contributed by atoms with Crippen molar-refractivity contribution in [3.8, 4) is 0 Å². The highest BCUT2D eigenvalue weighted by molar-refractivity contribution is 6.03. The summed E-state index contributed by atoms with van der Waals surface area (Å²) in [5.41, 5.74) is 0.188. The molecule has 2 aromatic rings. The van der Waals surface area contributed by atoms with Gasteiger partial charge in [-0.15, -0.1) is 0 Å². The average Bonchev–Trinajstić information content (AvgIpc) is 2.78. The predicted octanol–water partition coefficient (Wildman–Crippen LogP) is 3.36. The first-order valence-electron chi connectivity index (χ1n) is 5.90. The molecule has 1 amide bonds. The van der Waals surface area contributed by atoms with Gasteiger partial charge in [0.1, 0.15) is 11.6 Å². The van der Waals surface area contributed by atoms with Gasteiger partial charge < -0.3 is 9.84 Å². The molecule has 1 aromatic heterocycles. The molecule has 0 saturated heterocycles. The summed E-state index contributed by atoms with van der Waals surface area (Å²) in [4.78, 5) is 11.9. The first kappa shape index (κ1) is 13.3. The molecule has 0 aliphatic carbocycles. The van der Waals surface area contributed by atoms with Crippen molar-refractivity contribution in [1.29, 1.82) is 0 Å². The number of carbonyl (C=O) groups is 1. The lowest BCUT2D eigenvalue weighted by Crippen LogP contribution is -2.12. The molecule has 2 rings (SSSR count). The molecule has 0 aliphatic rings. The van der Waals surface area contributed by atoms with Gasteiger partial charge in [-0.2, -0.15) is 0 Å². The second-order valence-corrected chi connectivity index (χ2v) is 5.29. The van der Waals surface area contributed by atoms with Crippen LogP contribution in [0.2, 0.25) is 0 Å². The summed E-state index contributed by atoms with van der Waals surface area (Å²) in [5, 5.41) is 6.39. The molecule has 1 N–H and O–H groups in total. The number of anilines is 1. The van der Waals surface area contributed by atoms with Crippen LogP contribution in [0.5, 0.6) is 0 Å². The molecule has 4 nitrogen and oxygen atoms in total. The van der Waals surface area contributed by atoms with Gasteiger partial charge in [0.25, 0.3) is 5.91 Å². The van der Waals surface area contributed by atoms with Crippen LogP contribution in [0.3, 0.4) is 0 Å². The van der Waals surface area contributed by atoms with E-state index in [-0.39, 0.29) is 17.1 Å². The summed E-state index contributed by atoms with van der Waals surface area (Å²) < 4.78 is 17.9. The van der Waals surface area contributed by atoms with Gasteiger partial charge in [-0.1, -0.05) is 25.9 Å². The maximum atomic E-state index is 12.8. The van der Waals surface area contributed by atoms with Gasteiger partial charge in [0, 0.05) is 17.0 Å². The van der Waals surface area contributed by atoms with Gasteiger partial charge in [-0.25, -0.2) is 4.39 Å². The third-order valence-electron chi connectivity index (χ3n) is 2.60. The number of benzene rings is 1. The highest BCUT2D eigenvalue weighted by Crippen LogP contribution is 2.24. The van der Waals surface area contributed by atoms with Gasteiger partial charge in [-0.3, -0.25) is 4.79 Å². The van der Waals surface area contributed by atoms with Crippen molar-refractivity contribution in [2.24, 2.45) is 0 Å². The average molecular weight is 262 g/mol. The van der Waals surface area contributed by atoms with Crippen LogP contribution in [-0.2, 0) is 5.41 Å². The van der Waals surface area contributed by atoms with Crippen molar-refractivity contribution in [2.75, 3.05) is 5.32 Å². The molecule has 100 valence electrons. The Morgan fingerprint density at radius 2 is 1.89 bits per heavy atom. The molecular weight excluding hydrogens is 247 g/mol. The topological polar surface area (TPSA) is 55.1 Å². The minimum Gasteiger partial charge on any atom is -0.359 e. The van der Waals surface area contributed by atoms with Crippen LogP contribution in [-0.4, -0.2) is 11.1 Å². The Morgan fingerprint density at radius 1 is 1.26 bits per heavy atom. The summed E-state index contributed by atoms with van der Waals surface area (Å²) in [6, 6.07) is 6.98. The van der Waals surface area contributed by atoms with Crippen LogP contribution in [0.25, 0.3) is 0 Å². The van der Waals surface area contributed by atoms with Gasteiger partial charge in [0.15, 0.2) is 5.82 Å². The van der Waals surface area contributed by atoms with Gasteiger partial charge in [-0.05, 0) is 24.3 Å². The molecule has 5 heteroatoms. The Kier molecular flexibility index (Phi) is 3.38. The summed E-state index contributed by atoms with van der Waals surface area (Å²) >= 11 is 0. The fourth-order valence-electron chi connectivity index (χ4n) is 1.48. The van der Waals surface area contributed by atoms with E-state index in [4.69, 9.17) is 4.52 Å². The monoisotopic (exact) mass is 262 g/mol. The van der Waals surface area contributed by atoms with Crippen molar-refractivity contribution >= 4 is 11.7 Å². The molecule has 0 radical (unpaired) electrons. The van der Waals surface area contributed by atoms with Crippen molar-refractivity contribution in [3.05, 3.63) is 47.5 Å². The van der Waals surface area contributed by atoms with E-state index in [2.05, 4.69) is 10.5 Å². The molecule has 0 aliphatic heterocycles. The zero-order valence-electron chi connectivity index (χ0n) is 11.0. The SMILES string of the molecule is CC(C)(C)c1cc(NC(=O)c2ccc(F)cc2)no1. The van der Waals surface area contributed by atoms with Gasteiger partial charge in [0.2, 0.25) is 0 Å². The lowest BCUT2D eigenvalue weighted by molar-refractivity contribution is 0.102. The van der Waals surface area contributed by atoms with Crippen molar-refractivity contribution in [1.82, 2.24) is 5.16 Å². The molecule has 0 fully saturated rings. The fourth-order valence-corrected chi connectivity index (χ4v) is 1.48. The molecule has 19 heavy (non-hydrogen) atoms. The number of nitrogens with zero attached hydrogens (tertiary/aromatic N) is 1. The summed E-state index contributed by atoms with van der Waals surface area (Å²) in [6.07, 6.45) is 0. The summed E-state index contributed by atoms with van der Waals surface area (Å²) in [6.45, 7) is 5.96. The van der Waals surface area contributed by atoms with Crippen LogP contribution in [0.4, 0.5) is 10.2 Å². The van der Waals surface area contributed by atoms with Crippen molar-refractivity contribution < 1.29 is 13.7 Å². The minimum absolute atomic E-state index is 0.175. The molecular formula is C14H15FN2O2. The number of halogens is 1. The Labute approximate surface area is 110 Å². The van der Waals surface area contributed by atoms with Crippen LogP contribution < -0.4 is 5.32 Å². The van der Waals surface area contributed by atoms with Crippen LogP contribution in [0.1, 0.15) is 36.9 Å². The third-order valence-corrected chi connectivity index (χ3v) is 2.60. The quantitative estimate of drug-likeness (QED) is 0.902. The lowest BCUT2D eigenvalue weighted by Gasteiger charge is -2.12. The molecule has 1 heterocycles. The third kappa shape index (κ3) is 3.19. The van der Waals surface area contributed by atoms with E-state index >= 15 is 0 Å². The molecule has 1 aromatic carbocycles. The van der Waals surface area contributed by atoms with Crippen molar-refractivity contribution in [3.63, 3.8) is 0 Å². The number of carbonyl (C=O) groups excluding carboxylic acids is 1. The van der Waals surface area contributed by atoms with E-state index in [1.165, 1.54) is 24.3 Å². The number of nitrogens with one attached hydrogen (secondary N) is 1. The van der Waals surface area contributed by atoms with Crippen LogP contribution in [0.15, 0.2) is 34.9 Å². The first-order valence-corrected chi connectivity index (χ1v) is 5.90. The van der Waals surface area contributed by atoms with E-state index in [0.29, 0.717) is 17.1 Å². The van der Waals surface area contributed by atoms with Crippen LogP contribution in [0, 0.1) is 5.82 Å². The zero-order chi connectivity index (χ0) is 14.0. The largest absolute Gasteiger partial charge is 0.359 e. The molecule has 0 spiro atoms. The van der Waals surface area contributed by atoms with Gasteiger partial charge >= 0.3 is 0 Å². The summed E-state index contributed by atoms with van der Waals surface area (Å²) in [7, 11) is 0. The predicted molar refractivity (Wildman–Crippen MR) is 69.6 cm³/mol. The lowest BCUT2D eigenvalue weighted by atomic mass is 9.93. The maximum Gasteiger partial charge on any atom is 0.256 e. The molecule has 0 unspecified atom stereocenters. The Morgan fingerprint density at radius 3 is 2.42 bits per heavy atom. The maximum absolute atomic E-state index is 12.8. The smallest absolute Gasteiger partial charge is 0.256 e. The van der Waals surface area contributed by atoms with E-state index in [1.807, 2.05) is 20.8 Å². The van der Waals surface area contributed by atoms with E-state index < -0.39 is 0 Å². The Hall–Kier alpha value is -2.17. The number of amides is 1. The highest BCUT2D eigenvalue weighted by Gasteiger charge is 2.20.